The van der Waals surface area contributed by atoms with Crippen molar-refractivity contribution < 1.29 is 14.6 Å². The summed E-state index contributed by atoms with van der Waals surface area (Å²) in [6, 6.07) is -0.934. The first kappa shape index (κ1) is 13.8. The Balaban J connectivity index is 2.07. The number of fused-ring (bicyclic) bond motifs is 2. The molecular formula is C14H25NO3. The fourth-order valence-electron chi connectivity index (χ4n) is 3.72. The van der Waals surface area contributed by atoms with Crippen molar-refractivity contribution in [1.29, 1.82) is 0 Å². The van der Waals surface area contributed by atoms with Crippen molar-refractivity contribution in [3.63, 3.8) is 0 Å². The number of aliphatic hydroxyl groups is 1. The van der Waals surface area contributed by atoms with Crippen LogP contribution >= 0.6 is 0 Å². The van der Waals surface area contributed by atoms with Crippen LogP contribution in [0.4, 0.5) is 0 Å². The molecule has 2 rings (SSSR count). The first-order valence-corrected chi connectivity index (χ1v) is 6.84. The van der Waals surface area contributed by atoms with Crippen molar-refractivity contribution in [2.24, 2.45) is 22.5 Å². The fourth-order valence-corrected chi connectivity index (χ4v) is 3.72. The number of carbonyl (C=O) groups is 1. The molecule has 0 radical (unpaired) electrons. The van der Waals surface area contributed by atoms with Gasteiger partial charge in [-0.25, -0.2) is 0 Å². The number of esters is 1. The maximum absolute atomic E-state index is 11.9. The standard InChI is InChI=1S/C14H25NO3/c1-8(16)11(15)12(17)18-10-7-9-5-6-14(10,4)13(9,2)3/h8-11,16H,5-7,15H2,1-4H3/t8-,9?,10?,11+,14?/m1/s1. The number of nitrogens with two attached hydrogens (primary N) is 1. The van der Waals surface area contributed by atoms with Gasteiger partial charge < -0.3 is 15.6 Å². The van der Waals surface area contributed by atoms with Crippen LogP contribution in [-0.4, -0.2) is 29.3 Å². The first-order valence-electron chi connectivity index (χ1n) is 6.84. The SMILES string of the molecule is C[C@@H](O)[C@H](N)C(=O)OC1CC2CCC1(C)C2(C)C. The van der Waals surface area contributed by atoms with Crippen LogP contribution in [0.1, 0.15) is 47.0 Å². The third-order valence-electron chi connectivity index (χ3n) is 5.76. The number of aliphatic hydroxyl groups excluding tert-OH is 1. The molecule has 3 N–H and O–H groups in total. The molecule has 0 heterocycles. The van der Waals surface area contributed by atoms with Gasteiger partial charge in [0.25, 0.3) is 0 Å². The Morgan fingerprint density at radius 3 is 2.44 bits per heavy atom. The molecule has 2 bridgehead atoms. The molecule has 4 heteroatoms. The molecule has 18 heavy (non-hydrogen) atoms. The lowest BCUT2D eigenvalue weighted by Gasteiger charge is -2.38. The normalized spacial score (nSPS) is 40.6. The number of hydrogen-bond acceptors (Lipinski definition) is 4. The van der Waals surface area contributed by atoms with E-state index < -0.39 is 18.1 Å². The van der Waals surface area contributed by atoms with Gasteiger partial charge in [-0.3, -0.25) is 4.79 Å². The van der Waals surface area contributed by atoms with E-state index in [-0.39, 0.29) is 16.9 Å². The summed E-state index contributed by atoms with van der Waals surface area (Å²) < 4.78 is 5.58. The summed E-state index contributed by atoms with van der Waals surface area (Å²) in [7, 11) is 0. The quantitative estimate of drug-likeness (QED) is 0.749. The maximum atomic E-state index is 11.9. The Kier molecular flexibility index (Phi) is 3.23. The van der Waals surface area contributed by atoms with Crippen molar-refractivity contribution >= 4 is 5.97 Å². The lowest BCUT2D eigenvalue weighted by atomic mass is 9.70. The summed E-state index contributed by atoms with van der Waals surface area (Å²) in [6.45, 7) is 8.27. The fraction of sp³-hybridized carbons (Fsp3) is 0.929. The minimum absolute atomic E-state index is 0.0474. The average molecular weight is 255 g/mol. The summed E-state index contributed by atoms with van der Waals surface area (Å²) in [5, 5.41) is 9.34. The van der Waals surface area contributed by atoms with Crippen molar-refractivity contribution in [1.82, 2.24) is 0 Å². The van der Waals surface area contributed by atoms with Gasteiger partial charge in [0.05, 0.1) is 6.10 Å². The molecular weight excluding hydrogens is 230 g/mol. The van der Waals surface area contributed by atoms with Gasteiger partial charge in [-0.1, -0.05) is 20.8 Å². The molecule has 0 aromatic heterocycles. The second-order valence-electron chi connectivity index (χ2n) is 6.80. The second kappa shape index (κ2) is 4.20. The topological polar surface area (TPSA) is 72.5 Å². The molecule has 2 fully saturated rings. The zero-order chi connectivity index (χ0) is 13.7. The zero-order valence-electron chi connectivity index (χ0n) is 11.8. The van der Waals surface area contributed by atoms with E-state index >= 15 is 0 Å². The number of ether oxygens (including phenoxy) is 1. The van der Waals surface area contributed by atoms with Crippen LogP contribution in [0.25, 0.3) is 0 Å². The van der Waals surface area contributed by atoms with Gasteiger partial charge >= 0.3 is 5.97 Å². The highest BCUT2D eigenvalue weighted by molar-refractivity contribution is 5.76. The van der Waals surface area contributed by atoms with Crippen LogP contribution in [-0.2, 0) is 9.53 Å². The van der Waals surface area contributed by atoms with Crippen molar-refractivity contribution in [3.05, 3.63) is 0 Å². The highest BCUT2D eigenvalue weighted by atomic mass is 16.5. The second-order valence-corrected chi connectivity index (χ2v) is 6.80. The third-order valence-corrected chi connectivity index (χ3v) is 5.76. The molecule has 4 nitrogen and oxygen atoms in total. The van der Waals surface area contributed by atoms with E-state index in [2.05, 4.69) is 20.8 Å². The average Bonchev–Trinajstić information content (AvgIpc) is 2.60. The monoisotopic (exact) mass is 255 g/mol. The van der Waals surface area contributed by atoms with E-state index in [1.54, 1.807) is 0 Å². The van der Waals surface area contributed by atoms with Gasteiger partial charge in [-0.2, -0.15) is 0 Å². The molecule has 0 aromatic carbocycles. The Hall–Kier alpha value is -0.610. The molecule has 0 saturated heterocycles. The third kappa shape index (κ3) is 1.77. The zero-order valence-corrected chi connectivity index (χ0v) is 11.8. The summed E-state index contributed by atoms with van der Waals surface area (Å²) in [5.74, 6) is 0.155. The molecule has 2 aliphatic rings. The van der Waals surface area contributed by atoms with Crippen molar-refractivity contribution in [3.8, 4) is 0 Å². The first-order chi connectivity index (χ1) is 8.20. The van der Waals surface area contributed by atoms with E-state index in [9.17, 15) is 9.90 Å². The van der Waals surface area contributed by atoms with E-state index in [0.29, 0.717) is 5.92 Å². The van der Waals surface area contributed by atoms with E-state index in [0.717, 1.165) is 12.8 Å². The van der Waals surface area contributed by atoms with Crippen LogP contribution in [0, 0.1) is 16.7 Å². The van der Waals surface area contributed by atoms with E-state index in [1.165, 1.54) is 13.3 Å². The molecule has 0 aromatic rings. The highest BCUT2D eigenvalue weighted by Crippen LogP contribution is 2.66. The van der Waals surface area contributed by atoms with E-state index in [4.69, 9.17) is 10.5 Å². The number of hydrogen-bond donors (Lipinski definition) is 2. The largest absolute Gasteiger partial charge is 0.461 e. The molecule has 0 spiro atoms. The molecule has 2 saturated carbocycles. The van der Waals surface area contributed by atoms with Crippen LogP contribution in [0.3, 0.4) is 0 Å². The Morgan fingerprint density at radius 2 is 2.06 bits per heavy atom. The molecule has 104 valence electrons. The van der Waals surface area contributed by atoms with Crippen LogP contribution in [0.2, 0.25) is 0 Å². The smallest absolute Gasteiger partial charge is 0.325 e. The van der Waals surface area contributed by atoms with Gasteiger partial charge in [-0.05, 0) is 37.5 Å². The Labute approximate surface area is 109 Å². The summed E-state index contributed by atoms with van der Waals surface area (Å²) in [5.41, 5.74) is 5.88. The van der Waals surface area contributed by atoms with Gasteiger partial charge in [0.15, 0.2) is 0 Å². The summed E-state index contributed by atoms with van der Waals surface area (Å²) in [4.78, 5) is 11.9. The molecule has 0 amide bonds. The highest BCUT2D eigenvalue weighted by Gasteiger charge is 2.63. The van der Waals surface area contributed by atoms with Crippen LogP contribution in [0.15, 0.2) is 0 Å². The predicted molar refractivity (Wildman–Crippen MR) is 68.8 cm³/mol. The van der Waals surface area contributed by atoms with Crippen molar-refractivity contribution in [2.45, 2.75) is 65.2 Å². The lowest BCUT2D eigenvalue weighted by molar-refractivity contribution is -0.160. The summed E-state index contributed by atoms with van der Waals surface area (Å²) >= 11 is 0. The lowest BCUT2D eigenvalue weighted by Crippen LogP contribution is -2.46. The minimum Gasteiger partial charge on any atom is -0.461 e. The van der Waals surface area contributed by atoms with Crippen LogP contribution in [0.5, 0.6) is 0 Å². The molecule has 5 atom stereocenters. The van der Waals surface area contributed by atoms with Crippen LogP contribution < -0.4 is 5.73 Å². The maximum Gasteiger partial charge on any atom is 0.325 e. The van der Waals surface area contributed by atoms with Gasteiger partial charge in [0.1, 0.15) is 12.1 Å². The predicted octanol–water partition coefficient (Wildman–Crippen LogP) is 1.45. The molecule has 2 aliphatic carbocycles. The van der Waals surface area contributed by atoms with E-state index in [1.807, 2.05) is 0 Å². The number of rotatable bonds is 3. The van der Waals surface area contributed by atoms with Gasteiger partial charge in [0.2, 0.25) is 0 Å². The molecule has 0 aliphatic heterocycles. The Morgan fingerprint density at radius 1 is 1.44 bits per heavy atom. The summed E-state index contributed by atoms with van der Waals surface area (Å²) in [6.07, 6.45) is 2.34. The van der Waals surface area contributed by atoms with Gasteiger partial charge in [0, 0.05) is 5.41 Å². The van der Waals surface area contributed by atoms with Gasteiger partial charge in [-0.15, -0.1) is 0 Å². The minimum atomic E-state index is -0.934. The Bertz CT molecular complexity index is 353. The van der Waals surface area contributed by atoms with Crippen molar-refractivity contribution in [2.75, 3.05) is 0 Å². The number of carbonyl (C=O) groups excluding carboxylic acids is 1. The molecule has 3 unspecified atom stereocenters.